The van der Waals surface area contributed by atoms with E-state index < -0.39 is 12.1 Å². The van der Waals surface area contributed by atoms with Gasteiger partial charge in [-0.1, -0.05) is 20.8 Å². The number of amides is 2. The van der Waals surface area contributed by atoms with Gasteiger partial charge < -0.3 is 14.8 Å². The zero-order valence-corrected chi connectivity index (χ0v) is 13.2. The fourth-order valence-corrected chi connectivity index (χ4v) is 2.56. The summed E-state index contributed by atoms with van der Waals surface area (Å²) in [6.07, 6.45) is 6.19. The van der Waals surface area contributed by atoms with Crippen molar-refractivity contribution < 1.29 is 9.59 Å². The number of rotatable bonds is 4. The van der Waals surface area contributed by atoms with E-state index in [9.17, 15) is 9.59 Å². The van der Waals surface area contributed by atoms with Crippen molar-refractivity contribution in [3.8, 4) is 0 Å². The van der Waals surface area contributed by atoms with Crippen molar-refractivity contribution in [2.45, 2.75) is 52.7 Å². The maximum Gasteiger partial charge on any atom is 0.246 e. The number of nitrogens with one attached hydrogen (secondary N) is 1. The zero-order chi connectivity index (χ0) is 15.6. The first-order chi connectivity index (χ1) is 9.80. The highest BCUT2D eigenvalue weighted by Crippen LogP contribution is 2.25. The summed E-state index contributed by atoms with van der Waals surface area (Å²) in [5.41, 5.74) is -0.282. The Labute approximate surface area is 125 Å². The number of carbonyl (C=O) groups is 2. The van der Waals surface area contributed by atoms with E-state index in [-0.39, 0.29) is 17.2 Å². The number of aryl methyl sites for hydroxylation is 1. The molecule has 1 aliphatic rings. The smallest absolute Gasteiger partial charge is 0.246 e. The van der Waals surface area contributed by atoms with Crippen LogP contribution in [0.15, 0.2) is 18.7 Å². The van der Waals surface area contributed by atoms with Crippen LogP contribution >= 0.6 is 0 Å². The molecule has 0 radical (unpaired) electrons. The van der Waals surface area contributed by atoms with Gasteiger partial charge in [-0.3, -0.25) is 9.59 Å². The lowest BCUT2D eigenvalue weighted by Gasteiger charge is -2.42. The molecule has 1 fully saturated rings. The van der Waals surface area contributed by atoms with Gasteiger partial charge in [0.05, 0.1) is 6.33 Å². The Hall–Kier alpha value is -1.85. The lowest BCUT2D eigenvalue weighted by atomic mass is 9.84. The van der Waals surface area contributed by atoms with Crippen LogP contribution in [0.1, 0.15) is 34.1 Å². The van der Waals surface area contributed by atoms with E-state index in [1.807, 2.05) is 31.5 Å². The van der Waals surface area contributed by atoms with E-state index >= 15 is 0 Å². The minimum atomic E-state index is -0.450. The fourth-order valence-electron chi connectivity index (χ4n) is 2.56. The predicted octanol–water partition coefficient (Wildman–Crippen LogP) is 1.03. The molecule has 2 atom stereocenters. The Morgan fingerprint density at radius 1 is 1.29 bits per heavy atom. The van der Waals surface area contributed by atoms with Crippen molar-refractivity contribution in [3.63, 3.8) is 0 Å². The summed E-state index contributed by atoms with van der Waals surface area (Å²) in [5.74, 6) is -0.0580. The topological polar surface area (TPSA) is 67.2 Å². The van der Waals surface area contributed by atoms with E-state index in [1.54, 1.807) is 24.3 Å². The van der Waals surface area contributed by atoms with Gasteiger partial charge in [0.15, 0.2) is 0 Å². The number of piperazine rings is 1. The van der Waals surface area contributed by atoms with Gasteiger partial charge in [0.1, 0.15) is 12.1 Å². The van der Waals surface area contributed by atoms with Gasteiger partial charge in [-0.25, -0.2) is 4.98 Å². The van der Waals surface area contributed by atoms with Crippen molar-refractivity contribution in [2.75, 3.05) is 6.54 Å². The third-order valence-corrected chi connectivity index (χ3v) is 3.90. The third-order valence-electron chi connectivity index (χ3n) is 3.90. The molecule has 2 unspecified atom stereocenters. The molecule has 116 valence electrons. The van der Waals surface area contributed by atoms with Crippen molar-refractivity contribution >= 4 is 11.8 Å². The molecule has 1 aliphatic heterocycles. The van der Waals surface area contributed by atoms with E-state index in [4.69, 9.17) is 0 Å². The molecule has 1 aromatic rings. The van der Waals surface area contributed by atoms with Gasteiger partial charge in [-0.2, -0.15) is 0 Å². The molecule has 0 saturated carbocycles. The van der Waals surface area contributed by atoms with E-state index in [0.29, 0.717) is 6.54 Å². The molecule has 2 heterocycles. The van der Waals surface area contributed by atoms with Crippen molar-refractivity contribution in [1.82, 2.24) is 19.8 Å². The predicted molar refractivity (Wildman–Crippen MR) is 79.4 cm³/mol. The maximum absolute atomic E-state index is 12.6. The molecule has 1 saturated heterocycles. The zero-order valence-electron chi connectivity index (χ0n) is 13.2. The van der Waals surface area contributed by atoms with Gasteiger partial charge in [-0.05, 0) is 18.8 Å². The molecule has 0 aliphatic carbocycles. The maximum atomic E-state index is 12.6. The fraction of sp³-hybridized carbons (Fsp3) is 0.667. The van der Waals surface area contributed by atoms with Gasteiger partial charge in [-0.15, -0.1) is 0 Å². The van der Waals surface area contributed by atoms with Crippen LogP contribution in [0.25, 0.3) is 0 Å². The molecule has 1 N–H and O–H groups in total. The number of hydrogen-bond donors (Lipinski definition) is 1. The molecule has 1 aromatic heterocycles. The second-order valence-corrected chi connectivity index (χ2v) is 6.67. The van der Waals surface area contributed by atoms with Crippen molar-refractivity contribution in [2.24, 2.45) is 5.41 Å². The Kier molecular flexibility index (Phi) is 4.34. The Balaban J connectivity index is 2.01. The van der Waals surface area contributed by atoms with Crippen LogP contribution < -0.4 is 5.32 Å². The molecule has 6 heteroatoms. The van der Waals surface area contributed by atoms with Gasteiger partial charge in [0.2, 0.25) is 11.8 Å². The molecule has 6 nitrogen and oxygen atoms in total. The highest BCUT2D eigenvalue weighted by atomic mass is 16.2. The van der Waals surface area contributed by atoms with Crippen LogP contribution in [0, 0.1) is 5.41 Å². The number of hydrogen-bond acceptors (Lipinski definition) is 3. The minimum Gasteiger partial charge on any atom is -0.342 e. The summed E-state index contributed by atoms with van der Waals surface area (Å²) < 4.78 is 1.97. The van der Waals surface area contributed by atoms with Crippen molar-refractivity contribution in [3.05, 3.63) is 18.7 Å². The third kappa shape index (κ3) is 3.43. The Morgan fingerprint density at radius 3 is 2.57 bits per heavy atom. The van der Waals surface area contributed by atoms with Gasteiger partial charge in [0.25, 0.3) is 0 Å². The van der Waals surface area contributed by atoms with Crippen LogP contribution in [-0.2, 0) is 16.1 Å². The Morgan fingerprint density at radius 2 is 2.00 bits per heavy atom. The van der Waals surface area contributed by atoms with Crippen LogP contribution in [0.3, 0.4) is 0 Å². The van der Waals surface area contributed by atoms with E-state index in [0.717, 1.165) is 13.0 Å². The Bertz CT molecular complexity index is 504. The highest BCUT2D eigenvalue weighted by Gasteiger charge is 2.43. The summed E-state index contributed by atoms with van der Waals surface area (Å²) in [6.45, 7) is 9.06. The first kappa shape index (κ1) is 15.5. The highest BCUT2D eigenvalue weighted by molar-refractivity contribution is 5.97. The van der Waals surface area contributed by atoms with Crippen molar-refractivity contribution in [1.29, 1.82) is 0 Å². The molecular formula is C15H24N4O2. The molecule has 2 amide bonds. The van der Waals surface area contributed by atoms with Crippen LogP contribution in [0.2, 0.25) is 0 Å². The molecular weight excluding hydrogens is 268 g/mol. The number of aromatic nitrogens is 2. The lowest BCUT2D eigenvalue weighted by Crippen LogP contribution is -2.65. The van der Waals surface area contributed by atoms with Crippen LogP contribution in [0.5, 0.6) is 0 Å². The molecule has 21 heavy (non-hydrogen) atoms. The number of nitrogens with zero attached hydrogens (tertiary/aromatic N) is 3. The molecule has 0 aromatic carbocycles. The lowest BCUT2D eigenvalue weighted by molar-refractivity contribution is -0.151. The monoisotopic (exact) mass is 292 g/mol. The number of imidazole rings is 1. The van der Waals surface area contributed by atoms with Crippen LogP contribution in [0.4, 0.5) is 0 Å². The standard InChI is InChI=1S/C15H24N4O2/c1-11-13(20)17-12(15(2,3)4)14(21)19(11)8-5-7-18-9-6-16-10-18/h6,9-12H,5,7-8H2,1-4H3,(H,17,20). The van der Waals surface area contributed by atoms with Crippen LogP contribution in [-0.4, -0.2) is 44.9 Å². The second-order valence-electron chi connectivity index (χ2n) is 6.67. The first-order valence-corrected chi connectivity index (χ1v) is 7.37. The normalized spacial score (nSPS) is 23.3. The quantitative estimate of drug-likeness (QED) is 0.901. The number of carbonyl (C=O) groups excluding carboxylic acids is 2. The molecule has 0 bridgehead atoms. The summed E-state index contributed by atoms with van der Waals surface area (Å²) in [6, 6.07) is -0.853. The molecule has 0 spiro atoms. The average molecular weight is 292 g/mol. The van der Waals surface area contributed by atoms with E-state index in [2.05, 4.69) is 10.3 Å². The van der Waals surface area contributed by atoms with E-state index in [1.165, 1.54) is 0 Å². The largest absolute Gasteiger partial charge is 0.342 e. The second kappa shape index (κ2) is 5.87. The SMILES string of the molecule is CC1C(=O)NC(C(C)(C)C)C(=O)N1CCCn1ccnc1. The minimum absolute atomic E-state index is 0.0141. The van der Waals surface area contributed by atoms with Gasteiger partial charge >= 0.3 is 0 Å². The molecule has 2 rings (SSSR count). The summed E-state index contributed by atoms with van der Waals surface area (Å²) in [4.78, 5) is 30.4. The summed E-state index contributed by atoms with van der Waals surface area (Å²) in [7, 11) is 0. The summed E-state index contributed by atoms with van der Waals surface area (Å²) in [5, 5.41) is 2.84. The van der Waals surface area contributed by atoms with Gasteiger partial charge in [0, 0.05) is 25.5 Å². The summed E-state index contributed by atoms with van der Waals surface area (Å²) >= 11 is 0. The first-order valence-electron chi connectivity index (χ1n) is 7.37. The average Bonchev–Trinajstić information content (AvgIpc) is 2.89.